The highest BCUT2D eigenvalue weighted by Crippen LogP contribution is 2.23. The Hall–Kier alpha value is -2.96. The molecule has 1 amide bonds. The number of carbonyl (C=O) groups excluding carboxylic acids is 1. The monoisotopic (exact) mass is 283 g/mol. The molecule has 21 heavy (non-hydrogen) atoms. The molecule has 3 rings (SSSR count). The van der Waals surface area contributed by atoms with E-state index in [2.05, 4.69) is 25.8 Å². The standard InChI is InChI=1S/C14H13N5O2/c1-8-16-14(21-19-8)18-13(20)12-7-11(15-2)9-5-3-4-6-10(9)17-12/h3-7H,1-2H3,(H,15,17)(H,16,18,19,20). The summed E-state index contributed by atoms with van der Waals surface area (Å²) in [6.07, 6.45) is 0. The van der Waals surface area contributed by atoms with Crippen molar-refractivity contribution in [3.05, 3.63) is 41.9 Å². The normalized spacial score (nSPS) is 10.6. The molecule has 2 aromatic heterocycles. The third-order valence-electron chi connectivity index (χ3n) is 2.97. The van der Waals surface area contributed by atoms with Crippen LogP contribution in [-0.4, -0.2) is 28.1 Å². The van der Waals surface area contributed by atoms with Gasteiger partial charge in [-0.15, -0.1) is 0 Å². The Morgan fingerprint density at radius 1 is 1.24 bits per heavy atom. The second-order valence-corrected chi connectivity index (χ2v) is 4.42. The molecule has 0 atom stereocenters. The lowest BCUT2D eigenvalue weighted by Crippen LogP contribution is -2.14. The zero-order valence-electron chi connectivity index (χ0n) is 11.5. The zero-order chi connectivity index (χ0) is 14.8. The first-order chi connectivity index (χ1) is 10.2. The Labute approximate surface area is 120 Å². The van der Waals surface area contributed by atoms with Crippen molar-refractivity contribution < 1.29 is 9.32 Å². The van der Waals surface area contributed by atoms with Crippen LogP contribution in [-0.2, 0) is 0 Å². The third kappa shape index (κ3) is 2.53. The molecule has 0 spiro atoms. The fourth-order valence-electron chi connectivity index (χ4n) is 2.01. The summed E-state index contributed by atoms with van der Waals surface area (Å²) in [6, 6.07) is 9.32. The quantitative estimate of drug-likeness (QED) is 0.765. The summed E-state index contributed by atoms with van der Waals surface area (Å²) in [5.74, 6) is 0.0496. The first-order valence-electron chi connectivity index (χ1n) is 6.36. The number of carbonyl (C=O) groups is 1. The highest BCUT2D eigenvalue weighted by molar-refractivity contribution is 6.05. The number of para-hydroxylation sites is 1. The average Bonchev–Trinajstić information content (AvgIpc) is 2.91. The predicted molar refractivity (Wildman–Crippen MR) is 78.3 cm³/mol. The van der Waals surface area contributed by atoms with Crippen molar-refractivity contribution in [2.45, 2.75) is 6.92 Å². The number of pyridine rings is 1. The number of fused-ring (bicyclic) bond motifs is 1. The van der Waals surface area contributed by atoms with Gasteiger partial charge in [-0.1, -0.05) is 23.4 Å². The SMILES string of the molecule is CNc1cc(C(=O)Nc2nc(C)no2)nc2ccccc12. The van der Waals surface area contributed by atoms with Crippen molar-refractivity contribution in [2.75, 3.05) is 17.7 Å². The van der Waals surface area contributed by atoms with E-state index in [1.165, 1.54) is 0 Å². The maximum atomic E-state index is 12.2. The molecule has 0 aliphatic rings. The Morgan fingerprint density at radius 3 is 2.76 bits per heavy atom. The number of rotatable bonds is 3. The fraction of sp³-hybridized carbons (Fsp3) is 0.143. The molecule has 0 unspecified atom stereocenters. The molecular weight excluding hydrogens is 270 g/mol. The molecule has 7 nitrogen and oxygen atoms in total. The van der Waals surface area contributed by atoms with E-state index in [1.807, 2.05) is 24.3 Å². The van der Waals surface area contributed by atoms with E-state index in [0.717, 1.165) is 16.6 Å². The first-order valence-corrected chi connectivity index (χ1v) is 6.36. The summed E-state index contributed by atoms with van der Waals surface area (Å²) in [4.78, 5) is 20.5. The summed E-state index contributed by atoms with van der Waals surface area (Å²) in [7, 11) is 1.80. The second kappa shape index (κ2) is 5.20. The topological polar surface area (TPSA) is 92.9 Å². The number of hydrogen-bond acceptors (Lipinski definition) is 6. The Morgan fingerprint density at radius 2 is 2.05 bits per heavy atom. The van der Waals surface area contributed by atoms with E-state index >= 15 is 0 Å². The minimum atomic E-state index is -0.402. The van der Waals surface area contributed by atoms with Gasteiger partial charge in [0.15, 0.2) is 5.82 Å². The Balaban J connectivity index is 1.98. The van der Waals surface area contributed by atoms with E-state index in [-0.39, 0.29) is 11.7 Å². The zero-order valence-corrected chi connectivity index (χ0v) is 11.5. The molecule has 7 heteroatoms. The maximum absolute atomic E-state index is 12.2. The van der Waals surface area contributed by atoms with Crippen LogP contribution in [0.15, 0.2) is 34.9 Å². The van der Waals surface area contributed by atoms with Gasteiger partial charge < -0.3 is 9.84 Å². The molecule has 2 N–H and O–H groups in total. The van der Waals surface area contributed by atoms with Crippen molar-refractivity contribution >= 4 is 28.5 Å². The Kier molecular flexibility index (Phi) is 3.23. The van der Waals surface area contributed by atoms with Crippen LogP contribution >= 0.6 is 0 Å². The molecular formula is C14H13N5O2. The number of aromatic nitrogens is 3. The number of anilines is 2. The van der Waals surface area contributed by atoms with Crippen molar-refractivity contribution in [3.8, 4) is 0 Å². The number of nitrogens with one attached hydrogen (secondary N) is 2. The molecule has 1 aromatic carbocycles. The van der Waals surface area contributed by atoms with E-state index in [1.54, 1.807) is 20.0 Å². The lowest BCUT2D eigenvalue weighted by atomic mass is 10.1. The van der Waals surface area contributed by atoms with Crippen molar-refractivity contribution in [2.24, 2.45) is 0 Å². The van der Waals surface area contributed by atoms with Crippen LogP contribution in [0.4, 0.5) is 11.7 Å². The number of nitrogens with zero attached hydrogens (tertiary/aromatic N) is 3. The summed E-state index contributed by atoms with van der Waals surface area (Å²) < 4.78 is 4.86. The van der Waals surface area contributed by atoms with Gasteiger partial charge >= 0.3 is 6.01 Å². The van der Waals surface area contributed by atoms with Gasteiger partial charge in [-0.05, 0) is 19.1 Å². The van der Waals surface area contributed by atoms with Gasteiger partial charge in [0.25, 0.3) is 5.91 Å². The molecule has 0 bridgehead atoms. The van der Waals surface area contributed by atoms with Gasteiger partial charge in [-0.3, -0.25) is 10.1 Å². The first kappa shape index (κ1) is 13.0. The van der Waals surface area contributed by atoms with Gasteiger partial charge in [0, 0.05) is 18.1 Å². The van der Waals surface area contributed by atoms with Crippen LogP contribution < -0.4 is 10.6 Å². The highest BCUT2D eigenvalue weighted by Gasteiger charge is 2.14. The molecule has 106 valence electrons. The molecule has 0 radical (unpaired) electrons. The van der Waals surface area contributed by atoms with Gasteiger partial charge in [-0.25, -0.2) is 4.98 Å². The number of hydrogen-bond donors (Lipinski definition) is 2. The molecule has 0 aliphatic heterocycles. The molecule has 0 saturated carbocycles. The van der Waals surface area contributed by atoms with Gasteiger partial charge in [-0.2, -0.15) is 4.98 Å². The third-order valence-corrected chi connectivity index (χ3v) is 2.97. The fourth-order valence-corrected chi connectivity index (χ4v) is 2.01. The van der Waals surface area contributed by atoms with Crippen molar-refractivity contribution in [1.29, 1.82) is 0 Å². The predicted octanol–water partition coefficient (Wildman–Crippen LogP) is 2.22. The van der Waals surface area contributed by atoms with Gasteiger partial charge in [0.05, 0.1) is 5.52 Å². The minimum Gasteiger partial charge on any atom is -0.388 e. The maximum Gasteiger partial charge on any atom is 0.328 e. The highest BCUT2D eigenvalue weighted by atomic mass is 16.5. The van der Waals surface area contributed by atoms with E-state index in [4.69, 9.17) is 4.52 Å². The average molecular weight is 283 g/mol. The molecule has 0 fully saturated rings. The lowest BCUT2D eigenvalue weighted by molar-refractivity contribution is 0.101. The molecule has 2 heterocycles. The second-order valence-electron chi connectivity index (χ2n) is 4.42. The van der Waals surface area contributed by atoms with Crippen LogP contribution in [0, 0.1) is 6.92 Å². The molecule has 0 aliphatic carbocycles. The van der Waals surface area contributed by atoms with Crippen LogP contribution in [0.2, 0.25) is 0 Å². The summed E-state index contributed by atoms with van der Waals surface area (Å²) in [6.45, 7) is 1.67. The smallest absolute Gasteiger partial charge is 0.328 e. The minimum absolute atomic E-state index is 0.0541. The van der Waals surface area contributed by atoms with E-state index in [0.29, 0.717) is 5.82 Å². The largest absolute Gasteiger partial charge is 0.388 e. The number of aryl methyl sites for hydroxylation is 1. The van der Waals surface area contributed by atoms with Crippen LogP contribution in [0.5, 0.6) is 0 Å². The summed E-state index contributed by atoms with van der Waals surface area (Å²) in [5.41, 5.74) is 1.83. The number of amides is 1. The molecule has 0 saturated heterocycles. The van der Waals surface area contributed by atoms with Gasteiger partial charge in [0.1, 0.15) is 5.69 Å². The van der Waals surface area contributed by atoms with Crippen molar-refractivity contribution in [1.82, 2.24) is 15.1 Å². The molecule has 3 aromatic rings. The van der Waals surface area contributed by atoms with Crippen LogP contribution in [0.1, 0.15) is 16.3 Å². The van der Waals surface area contributed by atoms with Crippen LogP contribution in [0.3, 0.4) is 0 Å². The lowest BCUT2D eigenvalue weighted by Gasteiger charge is -2.08. The van der Waals surface area contributed by atoms with E-state index in [9.17, 15) is 4.79 Å². The number of benzene rings is 1. The van der Waals surface area contributed by atoms with Crippen molar-refractivity contribution in [3.63, 3.8) is 0 Å². The van der Waals surface area contributed by atoms with E-state index < -0.39 is 5.91 Å². The van der Waals surface area contributed by atoms with Crippen LogP contribution in [0.25, 0.3) is 10.9 Å². The Bertz CT molecular complexity index is 812. The summed E-state index contributed by atoms with van der Waals surface area (Å²) >= 11 is 0. The van der Waals surface area contributed by atoms with Gasteiger partial charge in [0.2, 0.25) is 0 Å². The summed E-state index contributed by atoms with van der Waals surface area (Å²) in [5, 5.41) is 10.2.